The molecule has 1 atom stereocenters. The fraction of sp³-hybridized carbons (Fsp3) is 0.385. The van der Waals surface area contributed by atoms with Crippen LogP contribution in [0.25, 0.3) is 0 Å². The average Bonchev–Trinajstić information content (AvgIpc) is 2.40. The number of benzene rings is 1. The van der Waals surface area contributed by atoms with Crippen molar-refractivity contribution >= 4 is 28.8 Å². The first kappa shape index (κ1) is 13.0. The van der Waals surface area contributed by atoms with E-state index in [4.69, 9.17) is 22.7 Å². The van der Waals surface area contributed by atoms with Crippen molar-refractivity contribution in [1.29, 1.82) is 0 Å². The van der Waals surface area contributed by atoms with E-state index in [1.54, 1.807) is 12.1 Å². The molecule has 1 aliphatic rings. The second-order valence-electron chi connectivity index (χ2n) is 4.25. The minimum absolute atomic E-state index is 0.126. The van der Waals surface area contributed by atoms with E-state index >= 15 is 0 Å². The number of carbonyl (C=O) groups is 1. The van der Waals surface area contributed by atoms with Crippen LogP contribution in [-0.4, -0.2) is 23.6 Å². The average molecular weight is 264 g/mol. The zero-order valence-corrected chi connectivity index (χ0v) is 10.8. The highest BCUT2D eigenvalue weighted by Gasteiger charge is 2.22. The predicted molar refractivity (Wildman–Crippen MR) is 74.6 cm³/mol. The van der Waals surface area contributed by atoms with Crippen LogP contribution in [0.15, 0.2) is 24.3 Å². The van der Waals surface area contributed by atoms with Crippen molar-refractivity contribution in [3.05, 3.63) is 29.8 Å². The maximum absolute atomic E-state index is 12.0. The Hall–Kier alpha value is -1.46. The van der Waals surface area contributed by atoms with E-state index in [0.29, 0.717) is 17.9 Å². The number of nitrogens with one attached hydrogen (secondary N) is 1. The molecule has 3 N–H and O–H groups in total. The molecule has 0 aliphatic carbocycles. The lowest BCUT2D eigenvalue weighted by atomic mass is 10.1. The molecule has 1 heterocycles. The summed E-state index contributed by atoms with van der Waals surface area (Å²) < 4.78 is 5.44. The molecule has 0 spiro atoms. The quantitative estimate of drug-likeness (QED) is 0.817. The smallest absolute Gasteiger partial charge is 0.253 e. The lowest BCUT2D eigenvalue weighted by Crippen LogP contribution is -2.33. The summed E-state index contributed by atoms with van der Waals surface area (Å²) in [6.07, 6.45) is 2.45. The first-order valence-electron chi connectivity index (χ1n) is 6.00. The van der Waals surface area contributed by atoms with Crippen LogP contribution in [0.4, 0.5) is 5.69 Å². The van der Waals surface area contributed by atoms with Gasteiger partial charge in [-0.1, -0.05) is 24.4 Å². The summed E-state index contributed by atoms with van der Waals surface area (Å²) >= 11 is 4.95. The van der Waals surface area contributed by atoms with Gasteiger partial charge in [-0.3, -0.25) is 4.79 Å². The van der Waals surface area contributed by atoms with Gasteiger partial charge in [-0.2, -0.15) is 0 Å². The lowest BCUT2D eigenvalue weighted by molar-refractivity contribution is -0.129. The number of para-hydroxylation sites is 1. The molecule has 1 unspecified atom stereocenters. The van der Waals surface area contributed by atoms with Crippen LogP contribution in [-0.2, 0) is 9.53 Å². The highest BCUT2D eigenvalue weighted by atomic mass is 32.1. The predicted octanol–water partition coefficient (Wildman–Crippen LogP) is 1.83. The topological polar surface area (TPSA) is 64.3 Å². The van der Waals surface area contributed by atoms with Crippen molar-refractivity contribution in [3.8, 4) is 0 Å². The maximum atomic E-state index is 12.0. The first-order valence-corrected chi connectivity index (χ1v) is 6.40. The fourth-order valence-electron chi connectivity index (χ4n) is 1.97. The molecule has 1 saturated heterocycles. The van der Waals surface area contributed by atoms with E-state index in [-0.39, 0.29) is 17.0 Å². The zero-order valence-electron chi connectivity index (χ0n) is 10.0. The summed E-state index contributed by atoms with van der Waals surface area (Å²) in [6, 6.07) is 7.25. The van der Waals surface area contributed by atoms with Gasteiger partial charge in [0.25, 0.3) is 5.91 Å². The van der Waals surface area contributed by atoms with Gasteiger partial charge >= 0.3 is 0 Å². The van der Waals surface area contributed by atoms with Crippen LogP contribution in [0.2, 0.25) is 0 Å². The van der Waals surface area contributed by atoms with Gasteiger partial charge in [0.2, 0.25) is 0 Å². The first-order chi connectivity index (χ1) is 8.68. The third-order valence-electron chi connectivity index (χ3n) is 2.92. The standard InChI is InChI=1S/C13H16N2O2S/c14-12(18)9-5-1-2-6-10(9)15-13(16)11-7-3-4-8-17-11/h1-2,5-6,11H,3-4,7-8H2,(H2,14,18)(H,15,16). The fourth-order valence-corrected chi connectivity index (χ4v) is 2.15. The molecule has 18 heavy (non-hydrogen) atoms. The van der Waals surface area contributed by atoms with Crippen LogP contribution in [0.1, 0.15) is 24.8 Å². The van der Waals surface area contributed by atoms with Gasteiger partial charge in [0.05, 0.1) is 5.69 Å². The van der Waals surface area contributed by atoms with Crippen molar-refractivity contribution in [1.82, 2.24) is 0 Å². The highest BCUT2D eigenvalue weighted by Crippen LogP contribution is 2.18. The van der Waals surface area contributed by atoms with Gasteiger partial charge in [0.1, 0.15) is 11.1 Å². The number of hydrogen-bond acceptors (Lipinski definition) is 3. The summed E-state index contributed by atoms with van der Waals surface area (Å²) in [5.41, 5.74) is 6.94. The molecule has 2 rings (SSSR count). The van der Waals surface area contributed by atoms with Crippen molar-refractivity contribution in [2.75, 3.05) is 11.9 Å². The Morgan fingerprint density at radius 1 is 1.39 bits per heavy atom. The van der Waals surface area contributed by atoms with E-state index in [1.807, 2.05) is 12.1 Å². The second kappa shape index (κ2) is 5.93. The van der Waals surface area contributed by atoms with Crippen molar-refractivity contribution in [2.24, 2.45) is 5.73 Å². The van der Waals surface area contributed by atoms with Gasteiger partial charge in [0.15, 0.2) is 0 Å². The van der Waals surface area contributed by atoms with Crippen LogP contribution < -0.4 is 11.1 Å². The maximum Gasteiger partial charge on any atom is 0.253 e. The lowest BCUT2D eigenvalue weighted by Gasteiger charge is -2.22. The molecule has 0 radical (unpaired) electrons. The molecular weight excluding hydrogens is 248 g/mol. The summed E-state index contributed by atoms with van der Waals surface area (Å²) in [7, 11) is 0. The normalized spacial score (nSPS) is 19.2. The van der Waals surface area contributed by atoms with Crippen LogP contribution in [0.3, 0.4) is 0 Å². The van der Waals surface area contributed by atoms with Crippen LogP contribution in [0, 0.1) is 0 Å². The number of amides is 1. The molecule has 5 heteroatoms. The van der Waals surface area contributed by atoms with Crippen LogP contribution in [0.5, 0.6) is 0 Å². The molecule has 1 amide bonds. The molecule has 1 fully saturated rings. The van der Waals surface area contributed by atoms with E-state index in [1.165, 1.54) is 0 Å². The SMILES string of the molecule is NC(=S)c1ccccc1NC(=O)C1CCCCO1. The summed E-state index contributed by atoms with van der Waals surface area (Å²) in [5.74, 6) is -0.126. The number of thiocarbonyl (C=S) groups is 1. The largest absolute Gasteiger partial charge is 0.389 e. The molecule has 1 aliphatic heterocycles. The molecule has 0 bridgehead atoms. The summed E-state index contributed by atoms with van der Waals surface area (Å²) in [4.78, 5) is 12.3. The van der Waals surface area contributed by atoms with Gasteiger partial charge in [-0.05, 0) is 31.4 Å². The molecule has 0 aromatic heterocycles. The van der Waals surface area contributed by atoms with E-state index in [2.05, 4.69) is 5.32 Å². The Morgan fingerprint density at radius 2 is 2.17 bits per heavy atom. The van der Waals surface area contributed by atoms with Gasteiger partial charge in [0, 0.05) is 12.2 Å². The molecule has 4 nitrogen and oxygen atoms in total. The molecule has 0 saturated carbocycles. The molecule has 1 aromatic rings. The second-order valence-corrected chi connectivity index (χ2v) is 4.69. The van der Waals surface area contributed by atoms with Gasteiger partial charge < -0.3 is 15.8 Å². The Kier molecular flexibility index (Phi) is 4.28. The Labute approximate surface area is 112 Å². The number of carbonyl (C=O) groups excluding carboxylic acids is 1. The van der Waals surface area contributed by atoms with Gasteiger partial charge in [-0.25, -0.2) is 0 Å². The Morgan fingerprint density at radius 3 is 2.83 bits per heavy atom. The van der Waals surface area contributed by atoms with Crippen molar-refractivity contribution < 1.29 is 9.53 Å². The summed E-state index contributed by atoms with van der Waals surface area (Å²) in [5, 5.41) is 2.83. The zero-order chi connectivity index (χ0) is 13.0. The Balaban J connectivity index is 2.08. The highest BCUT2D eigenvalue weighted by molar-refractivity contribution is 7.80. The summed E-state index contributed by atoms with van der Waals surface area (Å²) in [6.45, 7) is 0.648. The van der Waals surface area contributed by atoms with E-state index in [9.17, 15) is 4.79 Å². The third kappa shape index (κ3) is 3.05. The van der Waals surface area contributed by atoms with Gasteiger partial charge in [-0.15, -0.1) is 0 Å². The van der Waals surface area contributed by atoms with Crippen molar-refractivity contribution in [3.63, 3.8) is 0 Å². The minimum atomic E-state index is -0.363. The molecule has 1 aromatic carbocycles. The monoisotopic (exact) mass is 264 g/mol. The van der Waals surface area contributed by atoms with Crippen molar-refractivity contribution in [2.45, 2.75) is 25.4 Å². The number of nitrogens with two attached hydrogens (primary N) is 1. The number of ether oxygens (including phenoxy) is 1. The number of rotatable bonds is 3. The van der Waals surface area contributed by atoms with E-state index < -0.39 is 0 Å². The molecular formula is C13H16N2O2S. The van der Waals surface area contributed by atoms with Crippen LogP contribution >= 0.6 is 12.2 Å². The molecule has 96 valence electrons. The number of anilines is 1. The van der Waals surface area contributed by atoms with E-state index in [0.717, 1.165) is 19.3 Å². The number of hydrogen-bond donors (Lipinski definition) is 2. The third-order valence-corrected chi connectivity index (χ3v) is 3.14. The Bertz CT molecular complexity index is 456. The minimum Gasteiger partial charge on any atom is -0.389 e.